The SMILES string of the molecule is O=C(CN1CCN(c2ccc(F)cc2)C1=O)NC1CCCCC1. The molecule has 1 aliphatic heterocycles. The predicted octanol–water partition coefficient (Wildman–Crippen LogP) is 2.52. The Morgan fingerprint density at radius 1 is 1.13 bits per heavy atom. The predicted molar refractivity (Wildman–Crippen MR) is 85.7 cm³/mol. The fourth-order valence-corrected chi connectivity index (χ4v) is 3.28. The minimum absolute atomic E-state index is 0.0903. The minimum Gasteiger partial charge on any atom is -0.352 e. The molecule has 6 heteroatoms. The first-order valence-electron chi connectivity index (χ1n) is 8.25. The Balaban J connectivity index is 1.54. The zero-order chi connectivity index (χ0) is 16.2. The molecule has 0 spiro atoms. The lowest BCUT2D eigenvalue weighted by Gasteiger charge is -2.24. The molecule has 1 heterocycles. The average molecular weight is 319 g/mol. The second-order valence-corrected chi connectivity index (χ2v) is 6.23. The maximum Gasteiger partial charge on any atom is 0.325 e. The monoisotopic (exact) mass is 319 g/mol. The smallest absolute Gasteiger partial charge is 0.325 e. The first-order valence-corrected chi connectivity index (χ1v) is 8.25. The van der Waals surface area contributed by atoms with Crippen LogP contribution < -0.4 is 10.2 Å². The van der Waals surface area contributed by atoms with Crippen molar-refractivity contribution in [3.63, 3.8) is 0 Å². The van der Waals surface area contributed by atoms with Gasteiger partial charge in [0.2, 0.25) is 5.91 Å². The van der Waals surface area contributed by atoms with Gasteiger partial charge in [0.15, 0.2) is 0 Å². The van der Waals surface area contributed by atoms with Crippen molar-refractivity contribution in [3.05, 3.63) is 30.1 Å². The van der Waals surface area contributed by atoms with Gasteiger partial charge in [-0.1, -0.05) is 19.3 Å². The lowest BCUT2D eigenvalue weighted by molar-refractivity contribution is -0.122. The van der Waals surface area contributed by atoms with Gasteiger partial charge in [-0.25, -0.2) is 9.18 Å². The van der Waals surface area contributed by atoms with Crippen molar-refractivity contribution >= 4 is 17.6 Å². The van der Waals surface area contributed by atoms with Crippen molar-refractivity contribution in [3.8, 4) is 0 Å². The van der Waals surface area contributed by atoms with E-state index in [-0.39, 0.29) is 30.3 Å². The Morgan fingerprint density at radius 3 is 2.52 bits per heavy atom. The van der Waals surface area contributed by atoms with Crippen LogP contribution in [0.15, 0.2) is 24.3 Å². The van der Waals surface area contributed by atoms with Crippen LogP contribution in [0, 0.1) is 5.82 Å². The summed E-state index contributed by atoms with van der Waals surface area (Å²) >= 11 is 0. The van der Waals surface area contributed by atoms with Gasteiger partial charge >= 0.3 is 6.03 Å². The van der Waals surface area contributed by atoms with Crippen molar-refractivity contribution < 1.29 is 14.0 Å². The number of hydrogen-bond donors (Lipinski definition) is 1. The standard InChI is InChI=1S/C17H22FN3O2/c18-13-6-8-15(9-7-13)21-11-10-20(17(21)23)12-16(22)19-14-4-2-1-3-5-14/h6-9,14H,1-5,10-12H2,(H,19,22). The van der Waals surface area contributed by atoms with Gasteiger partial charge in [0.1, 0.15) is 12.4 Å². The molecule has 1 saturated heterocycles. The molecule has 124 valence electrons. The van der Waals surface area contributed by atoms with Crippen LogP contribution in [0.4, 0.5) is 14.9 Å². The molecule has 1 N–H and O–H groups in total. The van der Waals surface area contributed by atoms with E-state index in [4.69, 9.17) is 0 Å². The molecule has 1 saturated carbocycles. The van der Waals surface area contributed by atoms with E-state index in [2.05, 4.69) is 5.32 Å². The molecule has 1 aliphatic carbocycles. The highest BCUT2D eigenvalue weighted by Crippen LogP contribution is 2.21. The molecular formula is C17H22FN3O2. The van der Waals surface area contributed by atoms with Crippen molar-refractivity contribution in [2.75, 3.05) is 24.5 Å². The summed E-state index contributed by atoms with van der Waals surface area (Å²) in [6.07, 6.45) is 5.62. The zero-order valence-corrected chi connectivity index (χ0v) is 13.1. The quantitative estimate of drug-likeness (QED) is 0.927. The molecule has 5 nitrogen and oxygen atoms in total. The van der Waals surface area contributed by atoms with E-state index in [9.17, 15) is 14.0 Å². The molecule has 0 bridgehead atoms. The highest BCUT2D eigenvalue weighted by atomic mass is 19.1. The first kappa shape index (κ1) is 15.8. The largest absolute Gasteiger partial charge is 0.352 e. The van der Waals surface area contributed by atoms with E-state index < -0.39 is 0 Å². The van der Waals surface area contributed by atoms with E-state index in [0.29, 0.717) is 18.8 Å². The average Bonchev–Trinajstić information content (AvgIpc) is 2.90. The Bertz CT molecular complexity index is 570. The molecule has 2 aliphatic rings. The van der Waals surface area contributed by atoms with Gasteiger partial charge in [-0.3, -0.25) is 9.69 Å². The van der Waals surface area contributed by atoms with Crippen LogP contribution in [0.25, 0.3) is 0 Å². The normalized spacial score (nSPS) is 19.3. The third kappa shape index (κ3) is 3.81. The number of carbonyl (C=O) groups excluding carboxylic acids is 2. The topological polar surface area (TPSA) is 52.7 Å². The van der Waals surface area contributed by atoms with E-state index >= 15 is 0 Å². The Kier molecular flexibility index (Phi) is 4.79. The van der Waals surface area contributed by atoms with Crippen LogP contribution in [-0.4, -0.2) is 42.5 Å². The van der Waals surface area contributed by atoms with Gasteiger partial charge in [0, 0.05) is 24.8 Å². The summed E-state index contributed by atoms with van der Waals surface area (Å²) in [5.74, 6) is -0.421. The number of urea groups is 1. The molecule has 2 fully saturated rings. The molecule has 3 amide bonds. The van der Waals surface area contributed by atoms with E-state index in [1.807, 2.05) is 0 Å². The summed E-state index contributed by atoms with van der Waals surface area (Å²) in [4.78, 5) is 27.6. The molecular weight excluding hydrogens is 297 g/mol. The number of halogens is 1. The van der Waals surface area contributed by atoms with Crippen LogP contribution in [-0.2, 0) is 4.79 Å². The molecule has 23 heavy (non-hydrogen) atoms. The maximum atomic E-state index is 13.0. The van der Waals surface area contributed by atoms with Crippen molar-refractivity contribution in [2.45, 2.75) is 38.1 Å². The Labute approximate surface area is 135 Å². The Hall–Kier alpha value is -2.11. The van der Waals surface area contributed by atoms with Gasteiger partial charge in [0.05, 0.1) is 0 Å². The van der Waals surface area contributed by atoms with Crippen molar-refractivity contribution in [1.82, 2.24) is 10.2 Å². The minimum atomic E-state index is -0.330. The van der Waals surface area contributed by atoms with E-state index in [1.165, 1.54) is 18.6 Å². The van der Waals surface area contributed by atoms with Crippen molar-refractivity contribution in [1.29, 1.82) is 0 Å². The molecule has 0 radical (unpaired) electrons. The van der Waals surface area contributed by atoms with Gasteiger partial charge < -0.3 is 10.2 Å². The third-order valence-electron chi connectivity index (χ3n) is 4.54. The summed E-state index contributed by atoms with van der Waals surface area (Å²) in [6, 6.07) is 5.89. The van der Waals surface area contributed by atoms with Gasteiger partial charge in [-0.15, -0.1) is 0 Å². The second-order valence-electron chi connectivity index (χ2n) is 6.23. The molecule has 1 aromatic rings. The lowest BCUT2D eigenvalue weighted by atomic mass is 9.95. The summed E-state index contributed by atoms with van der Waals surface area (Å²) in [5, 5.41) is 3.03. The van der Waals surface area contributed by atoms with Gasteiger partial charge in [-0.2, -0.15) is 0 Å². The number of nitrogens with zero attached hydrogens (tertiary/aromatic N) is 2. The Morgan fingerprint density at radius 2 is 1.83 bits per heavy atom. The number of hydrogen-bond acceptors (Lipinski definition) is 2. The van der Waals surface area contributed by atoms with E-state index in [0.717, 1.165) is 25.7 Å². The second kappa shape index (κ2) is 6.98. The van der Waals surface area contributed by atoms with E-state index in [1.54, 1.807) is 21.9 Å². The van der Waals surface area contributed by atoms with Crippen LogP contribution in [0.1, 0.15) is 32.1 Å². The number of anilines is 1. The summed E-state index contributed by atoms with van der Waals surface area (Å²) in [7, 11) is 0. The first-order chi connectivity index (χ1) is 11.1. The van der Waals surface area contributed by atoms with Crippen LogP contribution in [0.3, 0.4) is 0 Å². The van der Waals surface area contributed by atoms with Crippen LogP contribution in [0.2, 0.25) is 0 Å². The molecule has 3 rings (SSSR count). The number of amides is 3. The number of carbonyl (C=O) groups is 2. The van der Waals surface area contributed by atoms with Gasteiger partial charge in [0.25, 0.3) is 0 Å². The lowest BCUT2D eigenvalue weighted by Crippen LogP contribution is -2.44. The summed E-state index contributed by atoms with van der Waals surface area (Å²) in [6.45, 7) is 1.11. The number of benzene rings is 1. The fourth-order valence-electron chi connectivity index (χ4n) is 3.28. The fraction of sp³-hybridized carbons (Fsp3) is 0.529. The van der Waals surface area contributed by atoms with Crippen LogP contribution >= 0.6 is 0 Å². The zero-order valence-electron chi connectivity index (χ0n) is 13.1. The van der Waals surface area contributed by atoms with Crippen LogP contribution in [0.5, 0.6) is 0 Å². The highest BCUT2D eigenvalue weighted by molar-refractivity contribution is 5.96. The molecule has 0 unspecified atom stereocenters. The summed E-state index contributed by atoms with van der Waals surface area (Å²) in [5.41, 5.74) is 0.659. The number of rotatable bonds is 4. The van der Waals surface area contributed by atoms with Crippen molar-refractivity contribution in [2.24, 2.45) is 0 Å². The summed E-state index contributed by atoms with van der Waals surface area (Å²) < 4.78 is 13.0. The third-order valence-corrected chi connectivity index (χ3v) is 4.54. The number of nitrogens with one attached hydrogen (secondary N) is 1. The highest BCUT2D eigenvalue weighted by Gasteiger charge is 2.31. The maximum absolute atomic E-state index is 13.0. The van der Waals surface area contributed by atoms with Gasteiger partial charge in [-0.05, 0) is 37.1 Å². The molecule has 0 aromatic heterocycles. The molecule has 1 aromatic carbocycles. The molecule has 0 atom stereocenters.